The minimum Gasteiger partial charge on any atom is -0.328 e. The van der Waals surface area contributed by atoms with Crippen LogP contribution < -0.4 is 0 Å². The van der Waals surface area contributed by atoms with Gasteiger partial charge in [-0.2, -0.15) is 5.10 Å². The summed E-state index contributed by atoms with van der Waals surface area (Å²) >= 11 is 5.62. The van der Waals surface area contributed by atoms with E-state index in [4.69, 9.17) is 12.2 Å². The molecule has 3 rings (SSSR count). The Bertz CT molecular complexity index is 689. The van der Waals surface area contributed by atoms with E-state index in [1.54, 1.807) is 0 Å². The molecule has 2 heterocycles. The molecule has 0 amide bonds. The summed E-state index contributed by atoms with van der Waals surface area (Å²) in [5.74, 6) is 0. The lowest BCUT2D eigenvalue weighted by molar-refractivity contribution is 0.145. The van der Waals surface area contributed by atoms with Crippen LogP contribution in [0.1, 0.15) is 58.2 Å². The molecule has 0 aliphatic heterocycles. The number of fused-ring (bicyclic) bond motifs is 1. The number of nitrogens with one attached hydrogen (secondary N) is 1. The largest absolute Gasteiger partial charge is 0.328 e. The van der Waals surface area contributed by atoms with Gasteiger partial charge in [0.1, 0.15) is 5.52 Å². The zero-order valence-corrected chi connectivity index (χ0v) is 13.7. The van der Waals surface area contributed by atoms with E-state index in [0.29, 0.717) is 11.5 Å². The second kappa shape index (κ2) is 4.72. The smallest absolute Gasteiger partial charge is 0.179 e. The maximum atomic E-state index is 5.62. The predicted octanol–water partition coefficient (Wildman–Crippen LogP) is 4.14. The van der Waals surface area contributed by atoms with Crippen LogP contribution in [0.2, 0.25) is 0 Å². The number of aryl methyl sites for hydroxylation is 2. The third kappa shape index (κ3) is 1.94. The fourth-order valence-electron chi connectivity index (χ4n) is 3.73. The fraction of sp³-hybridized carbons (Fsp3) is 0.733. The van der Waals surface area contributed by atoms with E-state index in [2.05, 4.69) is 35.4 Å². The fourth-order valence-corrected chi connectivity index (χ4v) is 4.04. The molecule has 4 nitrogen and oxygen atoms in total. The van der Waals surface area contributed by atoms with Crippen molar-refractivity contribution in [3.05, 3.63) is 10.5 Å². The van der Waals surface area contributed by atoms with Crippen molar-refractivity contribution >= 4 is 23.4 Å². The van der Waals surface area contributed by atoms with Gasteiger partial charge in [0, 0.05) is 13.1 Å². The highest BCUT2D eigenvalue weighted by molar-refractivity contribution is 7.71. The van der Waals surface area contributed by atoms with Crippen LogP contribution in [-0.4, -0.2) is 19.3 Å². The van der Waals surface area contributed by atoms with Crippen LogP contribution >= 0.6 is 12.2 Å². The SMILES string of the molecule is CCc1nn(C)c2c1[nH]c(=S)n2C1CCCCC1(C)C. The van der Waals surface area contributed by atoms with Crippen molar-refractivity contribution in [1.29, 1.82) is 0 Å². The summed E-state index contributed by atoms with van der Waals surface area (Å²) in [6, 6.07) is 0.470. The summed E-state index contributed by atoms with van der Waals surface area (Å²) in [6.07, 6.45) is 6.03. The molecule has 1 fully saturated rings. The molecule has 1 N–H and O–H groups in total. The van der Waals surface area contributed by atoms with Crippen LogP contribution in [0.3, 0.4) is 0 Å². The Kier molecular flexibility index (Phi) is 3.27. The Hall–Kier alpha value is -1.10. The second-order valence-electron chi connectivity index (χ2n) is 6.67. The van der Waals surface area contributed by atoms with Crippen molar-refractivity contribution in [1.82, 2.24) is 19.3 Å². The second-order valence-corrected chi connectivity index (χ2v) is 7.06. The first-order valence-corrected chi connectivity index (χ1v) is 8.02. The van der Waals surface area contributed by atoms with Gasteiger partial charge in [-0.3, -0.25) is 9.25 Å². The minimum absolute atomic E-state index is 0.294. The van der Waals surface area contributed by atoms with Crippen LogP contribution in [0.25, 0.3) is 11.2 Å². The zero-order chi connectivity index (χ0) is 14.5. The first kappa shape index (κ1) is 13.9. The Morgan fingerprint density at radius 1 is 1.40 bits per heavy atom. The summed E-state index contributed by atoms with van der Waals surface area (Å²) in [4.78, 5) is 3.40. The lowest BCUT2D eigenvalue weighted by Gasteiger charge is -2.39. The molecule has 20 heavy (non-hydrogen) atoms. The van der Waals surface area contributed by atoms with E-state index in [1.807, 2.05) is 11.7 Å². The Balaban J connectivity index is 2.23. The molecule has 0 aromatic carbocycles. The molecular weight excluding hydrogens is 268 g/mol. The minimum atomic E-state index is 0.294. The van der Waals surface area contributed by atoms with Crippen molar-refractivity contribution < 1.29 is 0 Å². The molecule has 110 valence electrons. The van der Waals surface area contributed by atoms with Gasteiger partial charge < -0.3 is 4.98 Å². The molecule has 1 atom stereocenters. The van der Waals surface area contributed by atoms with Gasteiger partial charge in [0.2, 0.25) is 0 Å². The number of nitrogens with zero attached hydrogens (tertiary/aromatic N) is 3. The highest BCUT2D eigenvalue weighted by Gasteiger charge is 2.35. The van der Waals surface area contributed by atoms with E-state index >= 15 is 0 Å². The lowest BCUT2D eigenvalue weighted by Crippen LogP contribution is -2.31. The monoisotopic (exact) mass is 292 g/mol. The maximum Gasteiger partial charge on any atom is 0.179 e. The van der Waals surface area contributed by atoms with Crippen LogP contribution in [0.5, 0.6) is 0 Å². The molecule has 1 saturated carbocycles. The predicted molar refractivity (Wildman–Crippen MR) is 84.6 cm³/mol. The van der Waals surface area contributed by atoms with E-state index < -0.39 is 0 Å². The Morgan fingerprint density at radius 3 is 2.80 bits per heavy atom. The van der Waals surface area contributed by atoms with Crippen molar-refractivity contribution in [2.75, 3.05) is 0 Å². The molecule has 0 radical (unpaired) electrons. The van der Waals surface area contributed by atoms with E-state index in [9.17, 15) is 0 Å². The average Bonchev–Trinajstić information content (AvgIpc) is 2.87. The van der Waals surface area contributed by atoms with E-state index in [1.165, 1.54) is 25.7 Å². The van der Waals surface area contributed by atoms with Crippen LogP contribution in [-0.2, 0) is 13.5 Å². The van der Waals surface area contributed by atoms with Crippen molar-refractivity contribution in [3.8, 4) is 0 Å². The number of aromatic amines is 1. The molecule has 1 aliphatic rings. The first-order chi connectivity index (χ1) is 9.45. The molecule has 1 aliphatic carbocycles. The van der Waals surface area contributed by atoms with Gasteiger partial charge >= 0.3 is 0 Å². The van der Waals surface area contributed by atoms with Crippen molar-refractivity contribution in [2.24, 2.45) is 12.5 Å². The van der Waals surface area contributed by atoms with Gasteiger partial charge in [-0.1, -0.05) is 33.6 Å². The molecule has 0 spiro atoms. The standard InChI is InChI=1S/C15H24N4S/c1-5-10-12-13(18(4)17-10)19(14(20)16-12)11-8-6-7-9-15(11,2)3/h11H,5-9H2,1-4H3,(H,16,20). The van der Waals surface area contributed by atoms with Crippen LogP contribution in [0.15, 0.2) is 0 Å². The molecule has 0 bridgehead atoms. The topological polar surface area (TPSA) is 38.5 Å². The Morgan fingerprint density at radius 2 is 2.15 bits per heavy atom. The third-order valence-electron chi connectivity index (χ3n) is 4.87. The summed E-state index contributed by atoms with van der Waals surface area (Å²) in [7, 11) is 2.02. The quantitative estimate of drug-likeness (QED) is 0.845. The molecule has 2 aromatic heterocycles. The maximum absolute atomic E-state index is 5.62. The zero-order valence-electron chi connectivity index (χ0n) is 12.9. The van der Waals surface area contributed by atoms with Gasteiger partial charge in [-0.25, -0.2) is 0 Å². The van der Waals surface area contributed by atoms with Gasteiger partial charge in [0.25, 0.3) is 0 Å². The van der Waals surface area contributed by atoms with E-state index in [-0.39, 0.29) is 0 Å². The number of hydrogen-bond donors (Lipinski definition) is 1. The molecule has 2 aromatic rings. The molecular formula is C15H24N4S. The summed E-state index contributed by atoms with van der Waals surface area (Å²) < 4.78 is 5.17. The number of hydrogen-bond acceptors (Lipinski definition) is 2. The summed E-state index contributed by atoms with van der Waals surface area (Å²) in [5.41, 5.74) is 3.69. The van der Waals surface area contributed by atoms with Crippen LogP contribution in [0.4, 0.5) is 0 Å². The Labute approximate surface area is 125 Å². The number of imidazole rings is 1. The number of rotatable bonds is 2. The van der Waals surface area contributed by atoms with Crippen molar-refractivity contribution in [3.63, 3.8) is 0 Å². The molecule has 1 unspecified atom stereocenters. The summed E-state index contributed by atoms with van der Waals surface area (Å²) in [6.45, 7) is 6.88. The molecule has 5 heteroatoms. The van der Waals surface area contributed by atoms with Gasteiger partial charge in [-0.05, 0) is 36.9 Å². The van der Waals surface area contributed by atoms with Crippen LogP contribution in [0, 0.1) is 10.2 Å². The number of H-pyrrole nitrogens is 1. The highest BCUT2D eigenvalue weighted by Crippen LogP contribution is 2.45. The van der Waals surface area contributed by atoms with Gasteiger partial charge in [0.15, 0.2) is 10.4 Å². The number of aromatic nitrogens is 4. The summed E-state index contributed by atoms with van der Waals surface area (Å²) in [5, 5.41) is 4.63. The van der Waals surface area contributed by atoms with Gasteiger partial charge in [-0.15, -0.1) is 0 Å². The third-order valence-corrected chi connectivity index (χ3v) is 5.16. The normalized spacial score (nSPS) is 22.5. The highest BCUT2D eigenvalue weighted by atomic mass is 32.1. The first-order valence-electron chi connectivity index (χ1n) is 7.62. The lowest BCUT2D eigenvalue weighted by atomic mass is 9.73. The van der Waals surface area contributed by atoms with Gasteiger partial charge in [0.05, 0.1) is 5.69 Å². The average molecular weight is 292 g/mol. The van der Waals surface area contributed by atoms with E-state index in [0.717, 1.165) is 28.0 Å². The molecule has 0 saturated heterocycles. The van der Waals surface area contributed by atoms with Crippen molar-refractivity contribution in [2.45, 2.75) is 58.9 Å².